The second-order valence-corrected chi connectivity index (χ2v) is 5.70. The van der Waals surface area contributed by atoms with Crippen LogP contribution >= 0.6 is 0 Å². The standard InChI is InChI=1S/C20H17NO5/c1-12-5-4-6-14(9-12)19-21-17(20(23)26-19)11-15-10-16(24-3)7-8-18(15)25-13(2)22/h4-11H,1-3H3/b17-11-. The highest BCUT2D eigenvalue weighted by Crippen LogP contribution is 2.28. The monoisotopic (exact) mass is 351 g/mol. The van der Waals surface area contributed by atoms with E-state index in [0.29, 0.717) is 22.6 Å². The molecule has 0 saturated carbocycles. The Labute approximate surface area is 150 Å². The fourth-order valence-corrected chi connectivity index (χ4v) is 2.47. The third-order valence-electron chi connectivity index (χ3n) is 3.65. The zero-order valence-corrected chi connectivity index (χ0v) is 14.6. The van der Waals surface area contributed by atoms with Gasteiger partial charge in [0.2, 0.25) is 5.90 Å². The van der Waals surface area contributed by atoms with E-state index < -0.39 is 11.9 Å². The fourth-order valence-electron chi connectivity index (χ4n) is 2.47. The Morgan fingerprint density at radius 3 is 2.69 bits per heavy atom. The molecule has 0 radical (unpaired) electrons. The SMILES string of the molecule is COc1ccc(OC(C)=O)c(/C=C2\N=C(c3cccc(C)c3)OC2=O)c1. The molecule has 6 nitrogen and oxygen atoms in total. The molecule has 6 heteroatoms. The van der Waals surface area contributed by atoms with E-state index in [1.807, 2.05) is 31.2 Å². The quantitative estimate of drug-likeness (QED) is 0.480. The van der Waals surface area contributed by atoms with Crippen LogP contribution in [0.15, 0.2) is 53.2 Å². The maximum Gasteiger partial charge on any atom is 0.363 e. The normalized spacial score (nSPS) is 14.8. The van der Waals surface area contributed by atoms with Crippen molar-refractivity contribution in [3.63, 3.8) is 0 Å². The maximum absolute atomic E-state index is 12.2. The van der Waals surface area contributed by atoms with E-state index in [0.717, 1.165) is 5.56 Å². The van der Waals surface area contributed by atoms with E-state index in [-0.39, 0.29) is 11.6 Å². The van der Waals surface area contributed by atoms with Gasteiger partial charge in [-0.25, -0.2) is 9.79 Å². The van der Waals surface area contributed by atoms with Crippen LogP contribution in [0, 0.1) is 6.92 Å². The highest BCUT2D eigenvalue weighted by atomic mass is 16.6. The third-order valence-corrected chi connectivity index (χ3v) is 3.65. The van der Waals surface area contributed by atoms with Crippen LogP contribution < -0.4 is 9.47 Å². The molecule has 0 aromatic heterocycles. The summed E-state index contributed by atoms with van der Waals surface area (Å²) in [6.07, 6.45) is 1.51. The van der Waals surface area contributed by atoms with Crippen molar-refractivity contribution in [1.82, 2.24) is 0 Å². The van der Waals surface area contributed by atoms with Gasteiger partial charge in [0.15, 0.2) is 5.70 Å². The second-order valence-electron chi connectivity index (χ2n) is 5.70. The molecule has 3 rings (SSSR count). The lowest BCUT2D eigenvalue weighted by atomic mass is 10.1. The Kier molecular flexibility index (Phi) is 4.84. The number of esters is 2. The van der Waals surface area contributed by atoms with Crippen LogP contribution in [0.3, 0.4) is 0 Å². The van der Waals surface area contributed by atoms with Crippen LogP contribution in [0.25, 0.3) is 6.08 Å². The van der Waals surface area contributed by atoms with Gasteiger partial charge in [0.25, 0.3) is 0 Å². The molecule has 132 valence electrons. The first-order valence-corrected chi connectivity index (χ1v) is 7.92. The minimum absolute atomic E-state index is 0.114. The molecule has 2 aromatic rings. The summed E-state index contributed by atoms with van der Waals surface area (Å²) in [5, 5.41) is 0. The van der Waals surface area contributed by atoms with Gasteiger partial charge in [-0.2, -0.15) is 0 Å². The number of aryl methyl sites for hydroxylation is 1. The third kappa shape index (κ3) is 3.80. The van der Waals surface area contributed by atoms with Crippen molar-refractivity contribution in [2.75, 3.05) is 7.11 Å². The molecule has 0 atom stereocenters. The van der Waals surface area contributed by atoms with Gasteiger partial charge in [-0.1, -0.05) is 17.7 Å². The number of rotatable bonds is 4. The van der Waals surface area contributed by atoms with E-state index >= 15 is 0 Å². The van der Waals surface area contributed by atoms with Gasteiger partial charge in [0, 0.05) is 18.1 Å². The number of carbonyl (C=O) groups is 2. The Morgan fingerprint density at radius 1 is 1.19 bits per heavy atom. The molecule has 1 aliphatic rings. The molecular formula is C20H17NO5. The molecule has 0 N–H and O–H groups in total. The van der Waals surface area contributed by atoms with Crippen LogP contribution in [-0.4, -0.2) is 24.9 Å². The minimum Gasteiger partial charge on any atom is -0.497 e. The number of nitrogens with zero attached hydrogens (tertiary/aromatic N) is 1. The molecule has 0 unspecified atom stereocenters. The zero-order chi connectivity index (χ0) is 18.7. The molecule has 26 heavy (non-hydrogen) atoms. The Hall–Kier alpha value is -3.41. The molecule has 0 fully saturated rings. The van der Waals surface area contributed by atoms with Gasteiger partial charge < -0.3 is 14.2 Å². The van der Waals surface area contributed by atoms with E-state index in [2.05, 4.69) is 4.99 Å². The number of hydrogen-bond donors (Lipinski definition) is 0. The molecule has 0 aliphatic carbocycles. The summed E-state index contributed by atoms with van der Waals surface area (Å²) in [7, 11) is 1.52. The first kappa shape index (κ1) is 17.4. The number of hydrogen-bond acceptors (Lipinski definition) is 6. The Morgan fingerprint density at radius 2 is 2.00 bits per heavy atom. The highest BCUT2D eigenvalue weighted by molar-refractivity contribution is 6.13. The molecule has 1 heterocycles. The summed E-state index contributed by atoms with van der Waals surface area (Å²) < 4.78 is 15.6. The number of methoxy groups -OCH3 is 1. The number of carbonyl (C=O) groups excluding carboxylic acids is 2. The molecule has 0 spiro atoms. The van der Waals surface area contributed by atoms with Gasteiger partial charge in [0.05, 0.1) is 7.11 Å². The van der Waals surface area contributed by atoms with Gasteiger partial charge in [-0.05, 0) is 43.3 Å². The van der Waals surface area contributed by atoms with Crippen molar-refractivity contribution in [3.05, 3.63) is 64.9 Å². The average Bonchev–Trinajstić information content (AvgIpc) is 2.97. The van der Waals surface area contributed by atoms with E-state index in [1.54, 1.807) is 18.2 Å². The van der Waals surface area contributed by atoms with Crippen molar-refractivity contribution in [3.8, 4) is 11.5 Å². The minimum atomic E-state index is -0.571. The summed E-state index contributed by atoms with van der Waals surface area (Å²) in [4.78, 5) is 27.8. The van der Waals surface area contributed by atoms with Crippen LogP contribution in [0.1, 0.15) is 23.6 Å². The molecular weight excluding hydrogens is 334 g/mol. The summed E-state index contributed by atoms with van der Waals surface area (Å²) in [6, 6.07) is 12.4. The molecule has 0 amide bonds. The zero-order valence-electron chi connectivity index (χ0n) is 14.6. The van der Waals surface area contributed by atoms with Crippen LogP contribution in [0.2, 0.25) is 0 Å². The summed E-state index contributed by atoms with van der Waals surface area (Å²) in [6.45, 7) is 3.25. The predicted molar refractivity (Wildman–Crippen MR) is 96.1 cm³/mol. The van der Waals surface area contributed by atoms with Gasteiger partial charge in [-0.3, -0.25) is 4.79 Å². The highest BCUT2D eigenvalue weighted by Gasteiger charge is 2.24. The van der Waals surface area contributed by atoms with Crippen LogP contribution in [-0.2, 0) is 14.3 Å². The van der Waals surface area contributed by atoms with Gasteiger partial charge in [0.1, 0.15) is 11.5 Å². The molecule has 1 aliphatic heterocycles. The van der Waals surface area contributed by atoms with E-state index in [4.69, 9.17) is 14.2 Å². The van der Waals surface area contributed by atoms with Crippen LogP contribution in [0.4, 0.5) is 0 Å². The lowest BCUT2D eigenvalue weighted by molar-refractivity contribution is -0.132. The van der Waals surface area contributed by atoms with E-state index in [1.165, 1.54) is 20.1 Å². The van der Waals surface area contributed by atoms with Crippen molar-refractivity contribution in [2.45, 2.75) is 13.8 Å². The largest absolute Gasteiger partial charge is 0.497 e. The fraction of sp³-hybridized carbons (Fsp3) is 0.150. The summed E-state index contributed by atoms with van der Waals surface area (Å²) >= 11 is 0. The van der Waals surface area contributed by atoms with Crippen molar-refractivity contribution < 1.29 is 23.8 Å². The van der Waals surface area contributed by atoms with E-state index in [9.17, 15) is 9.59 Å². The van der Waals surface area contributed by atoms with Crippen molar-refractivity contribution in [2.24, 2.45) is 4.99 Å². The molecule has 0 bridgehead atoms. The maximum atomic E-state index is 12.2. The van der Waals surface area contributed by atoms with Gasteiger partial charge >= 0.3 is 11.9 Å². The smallest absolute Gasteiger partial charge is 0.363 e. The first-order valence-electron chi connectivity index (χ1n) is 7.92. The summed E-state index contributed by atoms with van der Waals surface area (Å²) in [5.74, 6) is 0.0626. The first-order chi connectivity index (χ1) is 12.5. The van der Waals surface area contributed by atoms with Gasteiger partial charge in [-0.15, -0.1) is 0 Å². The number of cyclic esters (lactones) is 1. The predicted octanol–water partition coefficient (Wildman–Crippen LogP) is 3.27. The van der Waals surface area contributed by atoms with Crippen LogP contribution in [0.5, 0.6) is 11.5 Å². The average molecular weight is 351 g/mol. The Bertz CT molecular complexity index is 943. The summed E-state index contributed by atoms with van der Waals surface area (Å²) in [5.41, 5.74) is 2.35. The van der Waals surface area contributed by atoms with Crippen molar-refractivity contribution >= 4 is 23.9 Å². The number of benzene rings is 2. The number of aliphatic imine (C=N–C) groups is 1. The molecule has 0 saturated heterocycles. The number of ether oxygens (including phenoxy) is 3. The lowest BCUT2D eigenvalue weighted by Crippen LogP contribution is -2.05. The topological polar surface area (TPSA) is 74.2 Å². The lowest BCUT2D eigenvalue weighted by Gasteiger charge is -2.08. The van der Waals surface area contributed by atoms with Crippen molar-refractivity contribution in [1.29, 1.82) is 0 Å². The molecule has 2 aromatic carbocycles. The Balaban J connectivity index is 2.01. The second kappa shape index (κ2) is 7.23.